The van der Waals surface area contributed by atoms with Crippen molar-refractivity contribution in [3.05, 3.63) is 57.6 Å². The van der Waals surface area contributed by atoms with E-state index >= 15 is 0 Å². The normalized spacial score (nSPS) is 10.4. The van der Waals surface area contributed by atoms with Gasteiger partial charge in [0, 0.05) is 24.2 Å². The SMILES string of the molecule is CCOc1cc(C(=O)N(C)Cc2ccc(Cl)cc2)cc(Cl)c1O. The number of amides is 1. The molecule has 0 bridgehead atoms. The monoisotopic (exact) mass is 353 g/mol. The summed E-state index contributed by atoms with van der Waals surface area (Å²) in [5.41, 5.74) is 1.31. The topological polar surface area (TPSA) is 49.8 Å². The minimum atomic E-state index is -0.220. The van der Waals surface area contributed by atoms with Crippen LogP contribution in [0.2, 0.25) is 10.0 Å². The number of rotatable bonds is 5. The lowest BCUT2D eigenvalue weighted by Gasteiger charge is -2.18. The van der Waals surface area contributed by atoms with Crippen LogP contribution in [0.15, 0.2) is 36.4 Å². The van der Waals surface area contributed by atoms with Crippen molar-refractivity contribution >= 4 is 29.1 Å². The minimum absolute atomic E-state index is 0.0826. The van der Waals surface area contributed by atoms with Crippen LogP contribution in [0.5, 0.6) is 11.5 Å². The fourth-order valence-electron chi connectivity index (χ4n) is 2.12. The van der Waals surface area contributed by atoms with Gasteiger partial charge in [-0.2, -0.15) is 0 Å². The summed E-state index contributed by atoms with van der Waals surface area (Å²) in [5.74, 6) is -0.184. The highest BCUT2D eigenvalue weighted by molar-refractivity contribution is 6.32. The van der Waals surface area contributed by atoms with Gasteiger partial charge < -0.3 is 14.7 Å². The van der Waals surface area contributed by atoms with Crippen LogP contribution in [0.1, 0.15) is 22.8 Å². The highest BCUT2D eigenvalue weighted by atomic mass is 35.5. The number of aromatic hydroxyl groups is 1. The summed E-state index contributed by atoms with van der Waals surface area (Å²) in [7, 11) is 1.69. The van der Waals surface area contributed by atoms with Crippen LogP contribution in [0, 0.1) is 0 Å². The van der Waals surface area contributed by atoms with Crippen LogP contribution in [0.4, 0.5) is 0 Å². The molecule has 1 amide bonds. The Bertz CT molecular complexity index is 702. The van der Waals surface area contributed by atoms with E-state index in [-0.39, 0.29) is 22.4 Å². The average molecular weight is 354 g/mol. The van der Waals surface area contributed by atoms with E-state index in [0.717, 1.165) is 5.56 Å². The number of hydrogen-bond donors (Lipinski definition) is 1. The third-order valence-electron chi connectivity index (χ3n) is 3.25. The van der Waals surface area contributed by atoms with Gasteiger partial charge >= 0.3 is 0 Å². The molecule has 0 aliphatic rings. The van der Waals surface area contributed by atoms with Gasteiger partial charge in [-0.05, 0) is 36.8 Å². The lowest BCUT2D eigenvalue weighted by molar-refractivity contribution is 0.0784. The summed E-state index contributed by atoms with van der Waals surface area (Å²) >= 11 is 11.8. The number of carbonyl (C=O) groups excluding carboxylic acids is 1. The predicted octanol–water partition coefficient (Wildman–Crippen LogP) is 4.37. The molecular weight excluding hydrogens is 337 g/mol. The van der Waals surface area contributed by atoms with Crippen molar-refractivity contribution in [3.8, 4) is 11.5 Å². The molecule has 0 radical (unpaired) electrons. The number of phenols is 1. The van der Waals surface area contributed by atoms with Crippen molar-refractivity contribution in [2.75, 3.05) is 13.7 Å². The van der Waals surface area contributed by atoms with Gasteiger partial charge in [0.1, 0.15) is 0 Å². The summed E-state index contributed by atoms with van der Waals surface area (Å²) in [6, 6.07) is 10.2. The molecule has 0 saturated heterocycles. The van der Waals surface area contributed by atoms with E-state index in [1.807, 2.05) is 12.1 Å². The van der Waals surface area contributed by atoms with Gasteiger partial charge in [-0.3, -0.25) is 4.79 Å². The third kappa shape index (κ3) is 4.30. The van der Waals surface area contributed by atoms with Gasteiger partial charge in [-0.25, -0.2) is 0 Å². The molecule has 4 nitrogen and oxygen atoms in total. The van der Waals surface area contributed by atoms with Crippen molar-refractivity contribution in [3.63, 3.8) is 0 Å². The number of benzene rings is 2. The van der Waals surface area contributed by atoms with E-state index in [1.165, 1.54) is 12.1 Å². The number of nitrogens with zero attached hydrogens (tertiary/aromatic N) is 1. The highest BCUT2D eigenvalue weighted by Gasteiger charge is 2.17. The van der Waals surface area contributed by atoms with Gasteiger partial charge in [-0.15, -0.1) is 0 Å². The number of phenolic OH excluding ortho intramolecular Hbond substituents is 1. The van der Waals surface area contributed by atoms with Crippen LogP contribution in [-0.4, -0.2) is 29.6 Å². The molecule has 0 heterocycles. The maximum atomic E-state index is 12.5. The number of hydrogen-bond acceptors (Lipinski definition) is 3. The summed E-state index contributed by atoms with van der Waals surface area (Å²) < 4.78 is 5.30. The molecule has 1 N–H and O–H groups in total. The Morgan fingerprint density at radius 1 is 1.22 bits per heavy atom. The molecule has 2 aromatic carbocycles. The molecule has 0 fully saturated rings. The van der Waals surface area contributed by atoms with Crippen LogP contribution < -0.4 is 4.74 Å². The second-order valence-corrected chi connectivity index (χ2v) is 5.87. The van der Waals surface area contributed by atoms with Gasteiger partial charge in [0.2, 0.25) is 0 Å². The Morgan fingerprint density at radius 3 is 2.48 bits per heavy atom. The number of halogens is 2. The summed E-state index contributed by atoms with van der Waals surface area (Å²) in [6.07, 6.45) is 0. The van der Waals surface area contributed by atoms with Crippen molar-refractivity contribution in [2.24, 2.45) is 0 Å². The molecule has 23 heavy (non-hydrogen) atoms. The summed E-state index contributed by atoms with van der Waals surface area (Å²) in [4.78, 5) is 14.1. The van der Waals surface area contributed by atoms with Gasteiger partial charge in [0.05, 0.1) is 11.6 Å². The third-order valence-corrected chi connectivity index (χ3v) is 3.80. The molecule has 0 aliphatic carbocycles. The Labute approximate surface area is 145 Å². The van der Waals surface area contributed by atoms with Crippen LogP contribution >= 0.6 is 23.2 Å². The van der Waals surface area contributed by atoms with Gasteiger partial charge in [-0.1, -0.05) is 35.3 Å². The van der Waals surface area contributed by atoms with Crippen molar-refractivity contribution in [2.45, 2.75) is 13.5 Å². The highest BCUT2D eigenvalue weighted by Crippen LogP contribution is 2.35. The maximum absolute atomic E-state index is 12.5. The largest absolute Gasteiger partial charge is 0.503 e. The first-order chi connectivity index (χ1) is 10.9. The van der Waals surface area contributed by atoms with Crippen molar-refractivity contribution in [1.29, 1.82) is 0 Å². The maximum Gasteiger partial charge on any atom is 0.254 e. The molecule has 2 rings (SSSR count). The molecule has 6 heteroatoms. The molecule has 0 atom stereocenters. The van der Waals surface area contributed by atoms with Crippen LogP contribution in [-0.2, 0) is 6.54 Å². The first-order valence-electron chi connectivity index (χ1n) is 7.07. The van der Waals surface area contributed by atoms with E-state index in [2.05, 4.69) is 0 Å². The second-order valence-electron chi connectivity index (χ2n) is 5.03. The molecule has 0 unspecified atom stereocenters. The first-order valence-corrected chi connectivity index (χ1v) is 7.83. The van der Waals surface area contributed by atoms with E-state index < -0.39 is 0 Å². The first kappa shape index (κ1) is 17.4. The van der Waals surface area contributed by atoms with Gasteiger partial charge in [0.15, 0.2) is 11.5 Å². The molecular formula is C17H17Cl2NO3. The van der Waals surface area contributed by atoms with E-state index in [9.17, 15) is 9.90 Å². The van der Waals surface area contributed by atoms with E-state index in [0.29, 0.717) is 23.7 Å². The Kier molecular flexibility index (Phi) is 5.74. The summed E-state index contributed by atoms with van der Waals surface area (Å²) in [5, 5.41) is 10.6. The minimum Gasteiger partial charge on any atom is -0.503 e. The fourth-order valence-corrected chi connectivity index (χ4v) is 2.46. The van der Waals surface area contributed by atoms with Crippen LogP contribution in [0.25, 0.3) is 0 Å². The molecule has 2 aromatic rings. The molecule has 0 aromatic heterocycles. The van der Waals surface area contributed by atoms with Crippen molar-refractivity contribution in [1.82, 2.24) is 4.90 Å². The standard InChI is InChI=1S/C17H17Cl2NO3/c1-3-23-15-9-12(8-14(19)16(15)21)17(22)20(2)10-11-4-6-13(18)7-5-11/h4-9,21H,3,10H2,1-2H3. The zero-order chi connectivity index (χ0) is 17.0. The smallest absolute Gasteiger partial charge is 0.254 e. The lowest BCUT2D eigenvalue weighted by Crippen LogP contribution is -2.26. The Morgan fingerprint density at radius 2 is 1.87 bits per heavy atom. The fraction of sp³-hybridized carbons (Fsp3) is 0.235. The molecule has 0 saturated carbocycles. The van der Waals surface area contributed by atoms with Gasteiger partial charge in [0.25, 0.3) is 5.91 Å². The molecule has 122 valence electrons. The Balaban J connectivity index is 2.20. The van der Waals surface area contributed by atoms with Crippen molar-refractivity contribution < 1.29 is 14.6 Å². The van der Waals surface area contributed by atoms with Crippen LogP contribution in [0.3, 0.4) is 0 Å². The molecule has 0 spiro atoms. The number of ether oxygens (including phenoxy) is 1. The predicted molar refractivity (Wildman–Crippen MR) is 91.5 cm³/mol. The summed E-state index contributed by atoms with van der Waals surface area (Å²) in [6.45, 7) is 2.58. The number of carbonyl (C=O) groups is 1. The lowest BCUT2D eigenvalue weighted by atomic mass is 10.1. The molecule has 0 aliphatic heterocycles. The zero-order valence-electron chi connectivity index (χ0n) is 12.8. The zero-order valence-corrected chi connectivity index (χ0v) is 14.4. The Hall–Kier alpha value is -1.91. The second kappa shape index (κ2) is 7.57. The average Bonchev–Trinajstić information content (AvgIpc) is 2.53. The van der Waals surface area contributed by atoms with E-state index in [1.54, 1.807) is 31.0 Å². The quantitative estimate of drug-likeness (QED) is 0.868. The van der Waals surface area contributed by atoms with E-state index in [4.69, 9.17) is 27.9 Å².